The van der Waals surface area contributed by atoms with E-state index in [0.29, 0.717) is 12.1 Å². The number of thiophene rings is 1. The molecule has 2 nitrogen and oxygen atoms in total. The number of nitrogens with one attached hydrogen (secondary N) is 1. The van der Waals surface area contributed by atoms with Gasteiger partial charge in [-0.25, -0.2) is 0 Å². The lowest BCUT2D eigenvalue weighted by atomic mass is 10.1. The van der Waals surface area contributed by atoms with Gasteiger partial charge in [-0.15, -0.1) is 11.3 Å². The summed E-state index contributed by atoms with van der Waals surface area (Å²) in [7, 11) is 0. The molecule has 0 amide bonds. The van der Waals surface area contributed by atoms with Crippen LogP contribution in [0.15, 0.2) is 6.07 Å². The molecule has 1 N–H and O–H groups in total. The molecule has 1 saturated heterocycles. The highest BCUT2D eigenvalue weighted by Gasteiger charge is 2.23. The summed E-state index contributed by atoms with van der Waals surface area (Å²) in [6.07, 6.45) is 1.51. The summed E-state index contributed by atoms with van der Waals surface area (Å²) in [6, 6.07) is 2.82. The monoisotopic (exact) mass is 225 g/mol. The molecule has 1 aromatic heterocycles. The molecule has 1 fully saturated rings. The summed E-state index contributed by atoms with van der Waals surface area (Å²) in [6.45, 7) is 8.40. The van der Waals surface area contributed by atoms with Gasteiger partial charge in [-0.05, 0) is 38.8 Å². The van der Waals surface area contributed by atoms with E-state index in [9.17, 15) is 0 Å². The van der Waals surface area contributed by atoms with Gasteiger partial charge in [0.2, 0.25) is 0 Å². The molecule has 3 heteroatoms. The maximum Gasteiger partial charge on any atom is 0.0700 e. The molecule has 0 radical (unpaired) electrons. The normalized spacial score (nSPS) is 26.1. The van der Waals surface area contributed by atoms with Gasteiger partial charge in [-0.2, -0.15) is 0 Å². The van der Waals surface area contributed by atoms with Crippen molar-refractivity contribution in [1.29, 1.82) is 0 Å². The first-order valence-corrected chi connectivity index (χ1v) is 6.39. The Morgan fingerprint density at radius 2 is 2.33 bits per heavy atom. The number of rotatable bonds is 3. The predicted molar refractivity (Wildman–Crippen MR) is 64.5 cm³/mol. The van der Waals surface area contributed by atoms with Crippen LogP contribution in [0.2, 0.25) is 0 Å². The van der Waals surface area contributed by atoms with Crippen molar-refractivity contribution in [1.82, 2.24) is 5.32 Å². The lowest BCUT2D eigenvalue weighted by Crippen LogP contribution is -2.34. The van der Waals surface area contributed by atoms with Gasteiger partial charge in [-0.3, -0.25) is 0 Å². The van der Waals surface area contributed by atoms with E-state index >= 15 is 0 Å². The molecular formula is C12H19NOS. The largest absolute Gasteiger partial charge is 0.377 e. The van der Waals surface area contributed by atoms with E-state index in [1.165, 1.54) is 15.3 Å². The SMILES string of the molecule is Cc1cc(CNC2CCOC2C)c(C)s1. The van der Waals surface area contributed by atoms with Crippen LogP contribution in [0.5, 0.6) is 0 Å². The molecule has 0 bridgehead atoms. The number of hydrogen-bond acceptors (Lipinski definition) is 3. The Labute approximate surface area is 95.6 Å². The Morgan fingerprint density at radius 3 is 2.87 bits per heavy atom. The zero-order chi connectivity index (χ0) is 10.8. The van der Waals surface area contributed by atoms with Crippen molar-refractivity contribution in [2.45, 2.75) is 45.9 Å². The Kier molecular flexibility index (Phi) is 3.44. The van der Waals surface area contributed by atoms with Gasteiger partial charge >= 0.3 is 0 Å². The first-order chi connectivity index (χ1) is 7.16. The molecule has 1 aromatic rings. The van der Waals surface area contributed by atoms with Crippen LogP contribution in [-0.4, -0.2) is 18.8 Å². The van der Waals surface area contributed by atoms with Gasteiger partial charge in [-0.1, -0.05) is 0 Å². The van der Waals surface area contributed by atoms with Crippen LogP contribution >= 0.6 is 11.3 Å². The molecule has 2 atom stereocenters. The summed E-state index contributed by atoms with van der Waals surface area (Å²) < 4.78 is 5.53. The Hall–Kier alpha value is -0.380. The second-order valence-corrected chi connectivity index (χ2v) is 5.75. The average Bonchev–Trinajstić information content (AvgIpc) is 2.70. The first kappa shape index (κ1) is 11.1. The standard InChI is InChI=1S/C12H19NOS/c1-8-6-11(10(3)15-8)7-13-12-4-5-14-9(12)2/h6,9,12-13H,4-5,7H2,1-3H3. The van der Waals surface area contributed by atoms with Crippen molar-refractivity contribution in [2.75, 3.05) is 6.61 Å². The molecule has 2 rings (SSSR count). The lowest BCUT2D eigenvalue weighted by Gasteiger charge is -2.15. The summed E-state index contributed by atoms with van der Waals surface area (Å²) in [5.41, 5.74) is 1.44. The molecule has 0 spiro atoms. The topological polar surface area (TPSA) is 21.3 Å². The summed E-state index contributed by atoms with van der Waals surface area (Å²) in [4.78, 5) is 2.84. The molecular weight excluding hydrogens is 206 g/mol. The highest BCUT2D eigenvalue weighted by molar-refractivity contribution is 7.12. The quantitative estimate of drug-likeness (QED) is 0.854. The van der Waals surface area contributed by atoms with E-state index in [-0.39, 0.29) is 0 Å². The van der Waals surface area contributed by atoms with Gasteiger partial charge in [0.1, 0.15) is 0 Å². The first-order valence-electron chi connectivity index (χ1n) is 5.57. The third-order valence-electron chi connectivity index (χ3n) is 3.07. The van der Waals surface area contributed by atoms with Gasteiger partial charge < -0.3 is 10.1 Å². The van der Waals surface area contributed by atoms with Crippen LogP contribution in [0.1, 0.15) is 28.7 Å². The Balaban J connectivity index is 1.90. The highest BCUT2D eigenvalue weighted by Crippen LogP contribution is 2.21. The van der Waals surface area contributed by atoms with Crippen molar-refractivity contribution in [3.8, 4) is 0 Å². The van der Waals surface area contributed by atoms with Gasteiger partial charge in [0, 0.05) is 28.9 Å². The fraction of sp³-hybridized carbons (Fsp3) is 0.667. The van der Waals surface area contributed by atoms with Crippen LogP contribution in [-0.2, 0) is 11.3 Å². The molecule has 15 heavy (non-hydrogen) atoms. The van der Waals surface area contributed by atoms with E-state index in [1.807, 2.05) is 11.3 Å². The van der Waals surface area contributed by atoms with E-state index in [1.54, 1.807) is 0 Å². The Morgan fingerprint density at radius 1 is 1.53 bits per heavy atom. The summed E-state index contributed by atoms with van der Waals surface area (Å²) in [5.74, 6) is 0. The number of aryl methyl sites for hydroxylation is 2. The van der Waals surface area contributed by atoms with E-state index in [4.69, 9.17) is 4.74 Å². The lowest BCUT2D eigenvalue weighted by molar-refractivity contribution is 0.113. The fourth-order valence-electron chi connectivity index (χ4n) is 2.10. The zero-order valence-corrected chi connectivity index (χ0v) is 10.5. The second kappa shape index (κ2) is 4.64. The molecule has 1 aliphatic heterocycles. The molecule has 84 valence electrons. The minimum absolute atomic E-state index is 0.366. The van der Waals surface area contributed by atoms with Crippen LogP contribution in [0.4, 0.5) is 0 Å². The predicted octanol–water partition coefficient (Wildman–Crippen LogP) is 2.63. The van der Waals surface area contributed by atoms with E-state index in [2.05, 4.69) is 32.2 Å². The van der Waals surface area contributed by atoms with Crippen LogP contribution < -0.4 is 5.32 Å². The minimum Gasteiger partial charge on any atom is -0.377 e. The molecule has 0 saturated carbocycles. The van der Waals surface area contributed by atoms with Crippen molar-refractivity contribution in [3.05, 3.63) is 21.4 Å². The van der Waals surface area contributed by atoms with Gasteiger partial charge in [0.25, 0.3) is 0 Å². The zero-order valence-electron chi connectivity index (χ0n) is 9.67. The van der Waals surface area contributed by atoms with Crippen molar-refractivity contribution >= 4 is 11.3 Å². The van der Waals surface area contributed by atoms with E-state index in [0.717, 1.165) is 19.6 Å². The summed E-state index contributed by atoms with van der Waals surface area (Å²) >= 11 is 1.88. The maximum atomic E-state index is 5.53. The van der Waals surface area contributed by atoms with Crippen molar-refractivity contribution in [3.63, 3.8) is 0 Å². The minimum atomic E-state index is 0.366. The summed E-state index contributed by atoms with van der Waals surface area (Å²) in [5, 5.41) is 3.58. The molecule has 2 heterocycles. The van der Waals surface area contributed by atoms with Gasteiger partial charge in [0.15, 0.2) is 0 Å². The molecule has 0 aliphatic carbocycles. The second-order valence-electron chi connectivity index (χ2n) is 4.29. The molecule has 0 aromatic carbocycles. The van der Waals surface area contributed by atoms with Crippen LogP contribution in [0.25, 0.3) is 0 Å². The van der Waals surface area contributed by atoms with Crippen molar-refractivity contribution < 1.29 is 4.74 Å². The van der Waals surface area contributed by atoms with E-state index < -0.39 is 0 Å². The smallest absolute Gasteiger partial charge is 0.0700 e. The van der Waals surface area contributed by atoms with Crippen molar-refractivity contribution in [2.24, 2.45) is 0 Å². The van der Waals surface area contributed by atoms with Crippen LogP contribution in [0.3, 0.4) is 0 Å². The maximum absolute atomic E-state index is 5.53. The average molecular weight is 225 g/mol. The molecule has 2 unspecified atom stereocenters. The van der Waals surface area contributed by atoms with Crippen LogP contribution in [0, 0.1) is 13.8 Å². The number of ether oxygens (including phenoxy) is 1. The third kappa shape index (κ3) is 2.60. The molecule has 1 aliphatic rings. The van der Waals surface area contributed by atoms with Gasteiger partial charge in [0.05, 0.1) is 6.10 Å². The third-order valence-corrected chi connectivity index (χ3v) is 4.08. The highest BCUT2D eigenvalue weighted by atomic mass is 32.1. The number of hydrogen-bond donors (Lipinski definition) is 1. The Bertz CT molecular complexity index is 334. The fourth-order valence-corrected chi connectivity index (χ4v) is 3.05.